The maximum absolute atomic E-state index is 13.6. The molecule has 3 unspecified atom stereocenters. The van der Waals surface area contributed by atoms with Crippen LogP contribution in [-0.4, -0.2) is 17.3 Å². The number of aliphatic hydroxyl groups is 1. The van der Waals surface area contributed by atoms with Gasteiger partial charge in [0.05, 0.1) is 5.60 Å². The second-order valence-electron chi connectivity index (χ2n) is 6.16. The van der Waals surface area contributed by atoms with Crippen LogP contribution in [0.2, 0.25) is 0 Å². The first-order valence-electron chi connectivity index (χ1n) is 7.56. The molecule has 0 heterocycles. The van der Waals surface area contributed by atoms with Gasteiger partial charge in [0, 0.05) is 6.61 Å². The molecule has 0 aliphatic heterocycles. The van der Waals surface area contributed by atoms with Gasteiger partial charge in [0.1, 0.15) is 11.9 Å². The molecule has 0 aromatic heterocycles. The topological polar surface area (TPSA) is 29.5 Å². The van der Waals surface area contributed by atoms with Crippen molar-refractivity contribution in [1.29, 1.82) is 0 Å². The number of aryl methyl sites for hydroxylation is 1. The highest BCUT2D eigenvalue weighted by molar-refractivity contribution is 5.27. The summed E-state index contributed by atoms with van der Waals surface area (Å²) in [5.74, 6) is 0.231. The van der Waals surface area contributed by atoms with Crippen molar-refractivity contribution in [2.45, 2.75) is 58.2 Å². The lowest BCUT2D eigenvalue weighted by Gasteiger charge is -2.43. The summed E-state index contributed by atoms with van der Waals surface area (Å²) in [6.07, 6.45) is 3.12. The van der Waals surface area contributed by atoms with Gasteiger partial charge in [-0.3, -0.25) is 0 Å². The van der Waals surface area contributed by atoms with Crippen molar-refractivity contribution < 1.29 is 14.2 Å². The van der Waals surface area contributed by atoms with Crippen molar-refractivity contribution in [3.8, 4) is 0 Å². The Balaban J connectivity index is 2.32. The summed E-state index contributed by atoms with van der Waals surface area (Å²) in [6.45, 7) is 6.55. The Morgan fingerprint density at radius 3 is 2.80 bits per heavy atom. The van der Waals surface area contributed by atoms with Crippen molar-refractivity contribution in [3.63, 3.8) is 0 Å². The number of aliphatic hydroxyl groups excluding tert-OH is 1. The van der Waals surface area contributed by atoms with E-state index in [1.807, 2.05) is 19.9 Å². The fraction of sp³-hybridized carbons (Fsp3) is 0.647. The van der Waals surface area contributed by atoms with E-state index in [2.05, 4.69) is 6.92 Å². The van der Waals surface area contributed by atoms with Gasteiger partial charge in [-0.2, -0.15) is 0 Å². The lowest BCUT2D eigenvalue weighted by molar-refractivity contribution is -0.150. The molecule has 2 nitrogen and oxygen atoms in total. The summed E-state index contributed by atoms with van der Waals surface area (Å²) in [6, 6.07) is 4.76. The largest absolute Gasteiger partial charge is 0.385 e. The van der Waals surface area contributed by atoms with Crippen LogP contribution in [0.4, 0.5) is 4.39 Å². The van der Waals surface area contributed by atoms with Crippen LogP contribution in [-0.2, 0) is 4.74 Å². The average Bonchev–Trinajstić information content (AvgIpc) is 2.37. The van der Waals surface area contributed by atoms with Crippen LogP contribution in [0.1, 0.15) is 56.8 Å². The third-order valence-electron chi connectivity index (χ3n) is 4.30. The highest BCUT2D eigenvalue weighted by Gasteiger charge is 2.42. The van der Waals surface area contributed by atoms with Gasteiger partial charge in [-0.05, 0) is 55.9 Å². The van der Waals surface area contributed by atoms with Gasteiger partial charge in [0.25, 0.3) is 0 Å². The summed E-state index contributed by atoms with van der Waals surface area (Å²) in [5.41, 5.74) is 0.895. The summed E-state index contributed by atoms with van der Waals surface area (Å²) in [7, 11) is 0. The van der Waals surface area contributed by atoms with Crippen LogP contribution in [0.25, 0.3) is 0 Å². The van der Waals surface area contributed by atoms with Gasteiger partial charge in [-0.15, -0.1) is 0 Å². The molecule has 2 rings (SSSR count). The van der Waals surface area contributed by atoms with Crippen LogP contribution in [0.3, 0.4) is 0 Å². The third kappa shape index (κ3) is 3.21. The van der Waals surface area contributed by atoms with E-state index < -0.39 is 11.7 Å². The zero-order valence-corrected chi connectivity index (χ0v) is 12.7. The summed E-state index contributed by atoms with van der Waals surface area (Å²) < 4.78 is 19.6. The molecule has 1 saturated carbocycles. The van der Waals surface area contributed by atoms with E-state index in [-0.39, 0.29) is 5.82 Å². The van der Waals surface area contributed by atoms with Gasteiger partial charge in [-0.25, -0.2) is 4.39 Å². The Morgan fingerprint density at radius 2 is 2.20 bits per heavy atom. The highest BCUT2D eigenvalue weighted by Crippen LogP contribution is 2.43. The maximum Gasteiger partial charge on any atom is 0.123 e. The molecule has 3 heteroatoms. The lowest BCUT2D eigenvalue weighted by Crippen LogP contribution is -2.43. The van der Waals surface area contributed by atoms with Crippen molar-refractivity contribution >= 4 is 0 Å². The fourth-order valence-corrected chi connectivity index (χ4v) is 3.52. The number of hydrogen-bond donors (Lipinski definition) is 1. The Kier molecular flexibility index (Phi) is 4.82. The van der Waals surface area contributed by atoms with Gasteiger partial charge in [0.15, 0.2) is 0 Å². The molecule has 0 spiro atoms. The predicted octanol–water partition coefficient (Wildman–Crippen LogP) is 4.15. The molecule has 3 atom stereocenters. The zero-order chi connectivity index (χ0) is 14.8. The quantitative estimate of drug-likeness (QED) is 0.897. The van der Waals surface area contributed by atoms with Gasteiger partial charge < -0.3 is 9.84 Å². The summed E-state index contributed by atoms with van der Waals surface area (Å²) in [5, 5.41) is 10.8. The SMILES string of the molecule is CCOC1(C(O)c2cc(C)cc(F)c2)CCCC(C)C1. The maximum atomic E-state index is 13.6. The zero-order valence-electron chi connectivity index (χ0n) is 12.7. The Hall–Kier alpha value is -0.930. The Bertz CT molecular complexity index is 436. The fourth-order valence-electron chi connectivity index (χ4n) is 3.52. The molecule has 1 aliphatic carbocycles. The van der Waals surface area contributed by atoms with Gasteiger partial charge in [-0.1, -0.05) is 25.8 Å². The molecule has 20 heavy (non-hydrogen) atoms. The number of halogens is 1. The smallest absolute Gasteiger partial charge is 0.123 e. The molecule has 1 N–H and O–H groups in total. The van der Waals surface area contributed by atoms with Crippen LogP contribution in [0.5, 0.6) is 0 Å². The first-order chi connectivity index (χ1) is 9.47. The second kappa shape index (κ2) is 6.23. The van der Waals surface area contributed by atoms with Crippen LogP contribution in [0.15, 0.2) is 18.2 Å². The molecule has 0 radical (unpaired) electrons. The molecular formula is C17H25FO2. The van der Waals surface area contributed by atoms with E-state index in [0.717, 1.165) is 24.8 Å². The monoisotopic (exact) mass is 280 g/mol. The molecule has 0 saturated heterocycles. The number of benzene rings is 1. The van der Waals surface area contributed by atoms with E-state index in [1.54, 1.807) is 0 Å². The minimum atomic E-state index is -0.764. The van der Waals surface area contributed by atoms with Crippen LogP contribution in [0, 0.1) is 18.7 Å². The van der Waals surface area contributed by atoms with E-state index in [0.29, 0.717) is 18.1 Å². The predicted molar refractivity (Wildman–Crippen MR) is 78.1 cm³/mol. The number of rotatable bonds is 4. The minimum Gasteiger partial charge on any atom is -0.385 e. The average molecular weight is 280 g/mol. The Morgan fingerprint density at radius 1 is 1.45 bits per heavy atom. The normalized spacial score (nSPS) is 28.4. The van der Waals surface area contributed by atoms with E-state index >= 15 is 0 Å². The Labute approximate surface area is 121 Å². The molecule has 112 valence electrons. The lowest BCUT2D eigenvalue weighted by atomic mass is 9.74. The molecule has 1 aromatic rings. The second-order valence-corrected chi connectivity index (χ2v) is 6.16. The van der Waals surface area contributed by atoms with Crippen LogP contribution >= 0.6 is 0 Å². The minimum absolute atomic E-state index is 0.297. The van der Waals surface area contributed by atoms with Gasteiger partial charge >= 0.3 is 0 Å². The molecule has 1 fully saturated rings. The first-order valence-corrected chi connectivity index (χ1v) is 7.56. The van der Waals surface area contributed by atoms with Crippen molar-refractivity contribution in [2.75, 3.05) is 6.61 Å². The molecule has 1 aromatic carbocycles. The molecule has 1 aliphatic rings. The third-order valence-corrected chi connectivity index (χ3v) is 4.30. The molecule has 0 bridgehead atoms. The van der Waals surface area contributed by atoms with Gasteiger partial charge in [0.2, 0.25) is 0 Å². The summed E-state index contributed by atoms with van der Waals surface area (Å²) in [4.78, 5) is 0. The standard InChI is InChI=1S/C17H25FO2/c1-4-20-17(7-5-6-12(2)11-17)16(19)14-8-13(3)9-15(18)10-14/h8-10,12,16,19H,4-7,11H2,1-3H3. The highest BCUT2D eigenvalue weighted by atomic mass is 19.1. The van der Waals surface area contributed by atoms with E-state index in [9.17, 15) is 9.50 Å². The number of ether oxygens (including phenoxy) is 1. The first kappa shape index (κ1) is 15.5. The number of hydrogen-bond acceptors (Lipinski definition) is 2. The van der Waals surface area contributed by atoms with Crippen LogP contribution < -0.4 is 0 Å². The molecular weight excluding hydrogens is 255 g/mol. The van der Waals surface area contributed by atoms with Crippen molar-refractivity contribution in [1.82, 2.24) is 0 Å². The van der Waals surface area contributed by atoms with Crippen molar-refractivity contribution in [2.24, 2.45) is 5.92 Å². The summed E-state index contributed by atoms with van der Waals surface area (Å²) >= 11 is 0. The van der Waals surface area contributed by atoms with E-state index in [4.69, 9.17) is 4.74 Å². The van der Waals surface area contributed by atoms with E-state index in [1.165, 1.54) is 18.6 Å². The molecule has 0 amide bonds. The van der Waals surface area contributed by atoms with Crippen molar-refractivity contribution in [3.05, 3.63) is 35.1 Å².